The van der Waals surface area contributed by atoms with Gasteiger partial charge in [-0.25, -0.2) is 0 Å². The highest BCUT2D eigenvalue weighted by Gasteiger charge is 2.33. The third kappa shape index (κ3) is 1.54. The van der Waals surface area contributed by atoms with Crippen molar-refractivity contribution in [2.75, 3.05) is 6.61 Å². The van der Waals surface area contributed by atoms with Crippen molar-refractivity contribution in [1.29, 1.82) is 0 Å². The van der Waals surface area contributed by atoms with Crippen LogP contribution in [0.15, 0.2) is 18.2 Å². The molecule has 2 nitrogen and oxygen atoms in total. The van der Waals surface area contributed by atoms with Gasteiger partial charge in [-0.3, -0.25) is 4.79 Å². The Morgan fingerprint density at radius 2 is 2.00 bits per heavy atom. The number of carbonyl (C=O) groups excluding carboxylic acids is 1. The normalized spacial score (nSPS) is 24.1. The first-order chi connectivity index (χ1) is 7.15. The molecule has 15 heavy (non-hydrogen) atoms. The minimum Gasteiger partial charge on any atom is -0.494 e. The monoisotopic (exact) mass is 204 g/mol. The molecule has 0 saturated carbocycles. The number of hydrogen-bond donors (Lipinski definition) is 0. The summed E-state index contributed by atoms with van der Waals surface area (Å²) in [6.07, 6.45) is 0. The molecule has 0 bridgehead atoms. The summed E-state index contributed by atoms with van der Waals surface area (Å²) in [6.45, 7) is 6.68. The molecule has 2 atom stereocenters. The summed E-state index contributed by atoms with van der Waals surface area (Å²) in [7, 11) is 0. The van der Waals surface area contributed by atoms with E-state index in [2.05, 4.69) is 6.92 Å². The zero-order valence-corrected chi connectivity index (χ0v) is 9.41. The molecular formula is C13H16O2. The first-order valence-corrected chi connectivity index (χ1v) is 5.46. The van der Waals surface area contributed by atoms with E-state index in [1.165, 1.54) is 0 Å². The zero-order valence-electron chi connectivity index (χ0n) is 9.41. The van der Waals surface area contributed by atoms with E-state index < -0.39 is 0 Å². The first kappa shape index (κ1) is 10.2. The van der Waals surface area contributed by atoms with Crippen LogP contribution in [0.25, 0.3) is 0 Å². The number of hydrogen-bond acceptors (Lipinski definition) is 2. The lowest BCUT2D eigenvalue weighted by molar-refractivity contribution is 0.0936. The summed E-state index contributed by atoms with van der Waals surface area (Å²) >= 11 is 0. The van der Waals surface area contributed by atoms with Gasteiger partial charge in [0, 0.05) is 11.5 Å². The second kappa shape index (κ2) is 3.69. The Hall–Kier alpha value is -1.31. The molecule has 0 heterocycles. The predicted molar refractivity (Wildman–Crippen MR) is 59.5 cm³/mol. The van der Waals surface area contributed by atoms with Gasteiger partial charge in [0.25, 0.3) is 0 Å². The van der Waals surface area contributed by atoms with Gasteiger partial charge in [0.15, 0.2) is 5.78 Å². The largest absolute Gasteiger partial charge is 0.494 e. The van der Waals surface area contributed by atoms with E-state index in [9.17, 15) is 4.79 Å². The van der Waals surface area contributed by atoms with Crippen LogP contribution in [0.4, 0.5) is 0 Å². The Morgan fingerprint density at radius 3 is 2.67 bits per heavy atom. The molecule has 1 aliphatic carbocycles. The number of ketones is 1. The lowest BCUT2D eigenvalue weighted by Crippen LogP contribution is -2.06. The highest BCUT2D eigenvalue weighted by molar-refractivity contribution is 6.03. The van der Waals surface area contributed by atoms with Crippen LogP contribution < -0.4 is 4.74 Å². The SMILES string of the molecule is CCOc1ccc2c(c1)C(=O)C(C)C2C. The van der Waals surface area contributed by atoms with Crippen molar-refractivity contribution >= 4 is 5.78 Å². The van der Waals surface area contributed by atoms with E-state index in [4.69, 9.17) is 4.74 Å². The summed E-state index contributed by atoms with van der Waals surface area (Å²) in [6, 6.07) is 5.84. The van der Waals surface area contributed by atoms with Gasteiger partial charge < -0.3 is 4.74 Å². The molecule has 0 aliphatic heterocycles. The number of carbonyl (C=O) groups is 1. The second-order valence-electron chi connectivity index (χ2n) is 4.12. The molecule has 0 aromatic heterocycles. The summed E-state index contributed by atoms with van der Waals surface area (Å²) in [5, 5.41) is 0. The quantitative estimate of drug-likeness (QED) is 0.740. The van der Waals surface area contributed by atoms with Gasteiger partial charge in [-0.05, 0) is 30.5 Å². The predicted octanol–water partition coefficient (Wildman–Crippen LogP) is 3.02. The van der Waals surface area contributed by atoms with Crippen molar-refractivity contribution in [2.45, 2.75) is 26.7 Å². The molecule has 80 valence electrons. The van der Waals surface area contributed by atoms with Crippen molar-refractivity contribution in [2.24, 2.45) is 5.92 Å². The maximum absolute atomic E-state index is 11.9. The topological polar surface area (TPSA) is 26.3 Å². The first-order valence-electron chi connectivity index (χ1n) is 5.46. The maximum atomic E-state index is 11.9. The Kier molecular flexibility index (Phi) is 2.51. The second-order valence-corrected chi connectivity index (χ2v) is 4.12. The fourth-order valence-corrected chi connectivity index (χ4v) is 2.14. The van der Waals surface area contributed by atoms with E-state index in [1.54, 1.807) is 0 Å². The van der Waals surface area contributed by atoms with Crippen molar-refractivity contribution < 1.29 is 9.53 Å². The highest BCUT2D eigenvalue weighted by Crippen LogP contribution is 2.38. The highest BCUT2D eigenvalue weighted by atomic mass is 16.5. The minimum absolute atomic E-state index is 0.108. The van der Waals surface area contributed by atoms with Gasteiger partial charge in [-0.2, -0.15) is 0 Å². The van der Waals surface area contributed by atoms with Crippen molar-refractivity contribution in [3.63, 3.8) is 0 Å². The smallest absolute Gasteiger partial charge is 0.166 e. The Balaban J connectivity index is 2.42. The molecule has 0 radical (unpaired) electrons. The average Bonchev–Trinajstić information content (AvgIpc) is 2.45. The van der Waals surface area contributed by atoms with Gasteiger partial charge in [0.1, 0.15) is 5.75 Å². The molecule has 0 fully saturated rings. The lowest BCUT2D eigenvalue weighted by atomic mass is 9.96. The van der Waals surface area contributed by atoms with Crippen LogP contribution in [0.3, 0.4) is 0 Å². The van der Waals surface area contributed by atoms with Crippen molar-refractivity contribution in [3.8, 4) is 5.75 Å². The van der Waals surface area contributed by atoms with E-state index in [0.29, 0.717) is 12.5 Å². The van der Waals surface area contributed by atoms with Gasteiger partial charge in [0.2, 0.25) is 0 Å². The van der Waals surface area contributed by atoms with Gasteiger partial charge >= 0.3 is 0 Å². The Bertz CT molecular complexity index is 396. The number of Topliss-reactive ketones (excluding diaryl/α,β-unsaturated/α-hetero) is 1. The molecule has 2 unspecified atom stereocenters. The van der Waals surface area contributed by atoms with Crippen LogP contribution in [0.2, 0.25) is 0 Å². The third-order valence-corrected chi connectivity index (χ3v) is 3.26. The number of benzene rings is 1. The molecule has 1 aromatic rings. The summed E-state index contributed by atoms with van der Waals surface area (Å²) in [5.74, 6) is 1.49. The number of ether oxygens (including phenoxy) is 1. The fourth-order valence-electron chi connectivity index (χ4n) is 2.14. The van der Waals surface area contributed by atoms with Gasteiger partial charge in [-0.1, -0.05) is 19.9 Å². The third-order valence-electron chi connectivity index (χ3n) is 3.26. The van der Waals surface area contributed by atoms with Crippen LogP contribution in [0, 0.1) is 5.92 Å². The maximum Gasteiger partial charge on any atom is 0.166 e. The molecular weight excluding hydrogens is 188 g/mol. The van der Waals surface area contributed by atoms with E-state index in [1.807, 2.05) is 32.0 Å². The van der Waals surface area contributed by atoms with E-state index in [0.717, 1.165) is 16.9 Å². The lowest BCUT2D eigenvalue weighted by Gasteiger charge is -2.08. The Morgan fingerprint density at radius 1 is 1.27 bits per heavy atom. The van der Waals surface area contributed by atoms with Crippen LogP contribution in [0.5, 0.6) is 5.75 Å². The van der Waals surface area contributed by atoms with Crippen LogP contribution in [-0.2, 0) is 0 Å². The zero-order chi connectivity index (χ0) is 11.0. The number of fused-ring (bicyclic) bond motifs is 1. The molecule has 1 aromatic carbocycles. The number of rotatable bonds is 2. The van der Waals surface area contributed by atoms with Crippen molar-refractivity contribution in [3.05, 3.63) is 29.3 Å². The average molecular weight is 204 g/mol. The van der Waals surface area contributed by atoms with Crippen LogP contribution >= 0.6 is 0 Å². The standard InChI is InChI=1S/C13H16O2/c1-4-15-10-5-6-11-8(2)9(3)13(14)12(11)7-10/h5-9H,4H2,1-3H3. The summed E-state index contributed by atoms with van der Waals surface area (Å²) in [5.41, 5.74) is 2.01. The molecule has 0 saturated heterocycles. The molecule has 2 rings (SSSR count). The Labute approximate surface area is 90.3 Å². The summed E-state index contributed by atoms with van der Waals surface area (Å²) in [4.78, 5) is 11.9. The van der Waals surface area contributed by atoms with Crippen LogP contribution in [-0.4, -0.2) is 12.4 Å². The molecule has 0 spiro atoms. The molecule has 0 N–H and O–H groups in total. The van der Waals surface area contributed by atoms with E-state index in [-0.39, 0.29) is 11.7 Å². The van der Waals surface area contributed by atoms with E-state index >= 15 is 0 Å². The molecule has 1 aliphatic rings. The van der Waals surface area contributed by atoms with Gasteiger partial charge in [-0.15, -0.1) is 0 Å². The summed E-state index contributed by atoms with van der Waals surface area (Å²) < 4.78 is 5.40. The van der Waals surface area contributed by atoms with Crippen LogP contribution in [0.1, 0.15) is 42.6 Å². The minimum atomic E-state index is 0.108. The fraction of sp³-hybridized carbons (Fsp3) is 0.462. The molecule has 2 heteroatoms. The van der Waals surface area contributed by atoms with Crippen molar-refractivity contribution in [1.82, 2.24) is 0 Å². The molecule has 0 amide bonds. The van der Waals surface area contributed by atoms with Gasteiger partial charge in [0.05, 0.1) is 6.61 Å².